The fourth-order valence-corrected chi connectivity index (χ4v) is 4.33. The SMILES string of the molecule is C[C@]1(N2C(=O)c3ccc(CNC(=O)c4cc5ccccc5cn4)cc3C2=O)CCC(=O)NC1=O. The van der Waals surface area contributed by atoms with Crippen LogP contribution in [0.4, 0.5) is 0 Å². The van der Waals surface area contributed by atoms with Crippen LogP contribution in [0.2, 0.25) is 0 Å². The van der Waals surface area contributed by atoms with Crippen LogP contribution in [0.1, 0.15) is 56.5 Å². The van der Waals surface area contributed by atoms with E-state index in [1.165, 1.54) is 13.0 Å². The lowest BCUT2D eigenvalue weighted by atomic mass is 9.89. The molecule has 1 aromatic heterocycles. The summed E-state index contributed by atoms with van der Waals surface area (Å²) >= 11 is 0. The highest BCUT2D eigenvalue weighted by Gasteiger charge is 2.52. The number of amides is 5. The van der Waals surface area contributed by atoms with Gasteiger partial charge in [-0.1, -0.05) is 30.3 Å². The Bertz CT molecular complexity index is 1420. The molecule has 0 spiro atoms. The van der Waals surface area contributed by atoms with Crippen molar-refractivity contribution >= 4 is 40.3 Å². The van der Waals surface area contributed by atoms with Crippen LogP contribution in [0, 0.1) is 0 Å². The highest BCUT2D eigenvalue weighted by Crippen LogP contribution is 2.34. The molecular weight excluding hydrogens is 436 g/mol. The van der Waals surface area contributed by atoms with Gasteiger partial charge in [-0.05, 0) is 42.5 Å². The molecule has 0 saturated carbocycles. The number of nitrogens with one attached hydrogen (secondary N) is 2. The van der Waals surface area contributed by atoms with Crippen LogP contribution in [0.15, 0.2) is 54.7 Å². The number of hydrogen-bond donors (Lipinski definition) is 2. The summed E-state index contributed by atoms with van der Waals surface area (Å²) in [5.41, 5.74) is -0.224. The zero-order valence-electron chi connectivity index (χ0n) is 18.3. The number of hydrogen-bond acceptors (Lipinski definition) is 6. The van der Waals surface area contributed by atoms with Gasteiger partial charge in [0.1, 0.15) is 11.2 Å². The van der Waals surface area contributed by atoms with Crippen LogP contribution in [0.5, 0.6) is 0 Å². The average molecular weight is 456 g/mol. The fraction of sp³-hybridized carbons (Fsp3) is 0.200. The molecule has 5 amide bonds. The van der Waals surface area contributed by atoms with E-state index in [0.717, 1.165) is 15.7 Å². The Morgan fingerprint density at radius 1 is 1.03 bits per heavy atom. The lowest BCUT2D eigenvalue weighted by Gasteiger charge is -2.38. The summed E-state index contributed by atoms with van der Waals surface area (Å²) in [4.78, 5) is 67.8. The average Bonchev–Trinajstić information content (AvgIpc) is 3.09. The lowest BCUT2D eigenvalue weighted by molar-refractivity contribution is -0.140. The second-order valence-electron chi connectivity index (χ2n) is 8.58. The van der Waals surface area contributed by atoms with Crippen LogP contribution in [-0.2, 0) is 16.1 Å². The first-order valence-corrected chi connectivity index (χ1v) is 10.8. The highest BCUT2D eigenvalue weighted by molar-refractivity contribution is 6.24. The van der Waals surface area contributed by atoms with Crippen molar-refractivity contribution in [3.63, 3.8) is 0 Å². The molecule has 3 aromatic rings. The second kappa shape index (κ2) is 7.87. The molecule has 1 fully saturated rings. The molecule has 2 aliphatic rings. The predicted molar refractivity (Wildman–Crippen MR) is 121 cm³/mol. The smallest absolute Gasteiger partial charge is 0.270 e. The Morgan fingerprint density at radius 3 is 2.53 bits per heavy atom. The molecule has 0 aliphatic carbocycles. The molecule has 3 heterocycles. The number of benzene rings is 2. The van der Waals surface area contributed by atoms with Gasteiger partial charge in [-0.3, -0.25) is 39.2 Å². The van der Waals surface area contributed by atoms with Gasteiger partial charge in [0, 0.05) is 24.5 Å². The molecule has 2 N–H and O–H groups in total. The first-order valence-electron chi connectivity index (χ1n) is 10.8. The lowest BCUT2D eigenvalue weighted by Crippen LogP contribution is -2.62. The number of imide groups is 2. The van der Waals surface area contributed by atoms with Crippen LogP contribution in [0.3, 0.4) is 0 Å². The van der Waals surface area contributed by atoms with Crippen LogP contribution in [-0.4, -0.2) is 45.0 Å². The Balaban J connectivity index is 1.34. The second-order valence-corrected chi connectivity index (χ2v) is 8.58. The summed E-state index contributed by atoms with van der Waals surface area (Å²) < 4.78 is 0. The maximum atomic E-state index is 13.1. The van der Waals surface area contributed by atoms with Crippen molar-refractivity contribution in [1.29, 1.82) is 0 Å². The van der Waals surface area contributed by atoms with E-state index < -0.39 is 29.2 Å². The van der Waals surface area contributed by atoms with Gasteiger partial charge in [-0.25, -0.2) is 0 Å². The number of carbonyl (C=O) groups excluding carboxylic acids is 5. The van der Waals surface area contributed by atoms with E-state index >= 15 is 0 Å². The summed E-state index contributed by atoms with van der Waals surface area (Å²) in [5.74, 6) is -2.66. The fourth-order valence-electron chi connectivity index (χ4n) is 4.33. The van der Waals surface area contributed by atoms with Crippen molar-refractivity contribution in [2.75, 3.05) is 0 Å². The predicted octanol–water partition coefficient (Wildman–Crippen LogP) is 1.96. The zero-order chi connectivity index (χ0) is 24.0. The van der Waals surface area contributed by atoms with Gasteiger partial charge in [-0.15, -0.1) is 0 Å². The maximum absolute atomic E-state index is 13.1. The van der Waals surface area contributed by atoms with Crippen LogP contribution in [0.25, 0.3) is 10.8 Å². The third-order valence-electron chi connectivity index (χ3n) is 6.34. The minimum atomic E-state index is -1.45. The molecule has 170 valence electrons. The highest BCUT2D eigenvalue weighted by atomic mass is 16.2. The summed E-state index contributed by atoms with van der Waals surface area (Å²) in [6.07, 6.45) is 1.73. The summed E-state index contributed by atoms with van der Waals surface area (Å²) in [6.45, 7) is 1.60. The van der Waals surface area contributed by atoms with Crippen molar-refractivity contribution in [1.82, 2.24) is 20.5 Å². The van der Waals surface area contributed by atoms with Gasteiger partial charge in [0.05, 0.1) is 11.1 Å². The molecule has 0 bridgehead atoms. The van der Waals surface area contributed by atoms with Crippen LogP contribution < -0.4 is 10.6 Å². The van der Waals surface area contributed by atoms with Gasteiger partial charge in [0.15, 0.2) is 0 Å². The van der Waals surface area contributed by atoms with Crippen LogP contribution >= 0.6 is 0 Å². The number of pyridine rings is 1. The molecule has 1 saturated heterocycles. The van der Waals surface area contributed by atoms with Gasteiger partial charge in [-0.2, -0.15) is 0 Å². The first kappa shape index (κ1) is 21.4. The minimum Gasteiger partial charge on any atom is -0.347 e. The molecule has 9 nitrogen and oxygen atoms in total. The van der Waals surface area contributed by atoms with E-state index in [1.54, 1.807) is 24.4 Å². The summed E-state index contributed by atoms with van der Waals surface area (Å²) in [6, 6.07) is 14.0. The van der Waals surface area contributed by atoms with E-state index in [9.17, 15) is 24.0 Å². The van der Waals surface area contributed by atoms with Crippen molar-refractivity contribution in [3.05, 3.63) is 77.1 Å². The monoisotopic (exact) mass is 456 g/mol. The minimum absolute atomic E-state index is 0.0374. The summed E-state index contributed by atoms with van der Waals surface area (Å²) in [5, 5.41) is 6.81. The Morgan fingerprint density at radius 2 is 1.76 bits per heavy atom. The van der Waals surface area contributed by atoms with E-state index in [-0.39, 0.29) is 42.1 Å². The molecule has 5 rings (SSSR count). The number of carbonyl (C=O) groups is 5. The maximum Gasteiger partial charge on any atom is 0.270 e. The number of piperidine rings is 1. The Labute approximate surface area is 194 Å². The van der Waals surface area contributed by atoms with E-state index in [0.29, 0.717) is 5.56 Å². The molecule has 9 heteroatoms. The van der Waals surface area contributed by atoms with Gasteiger partial charge in [0.2, 0.25) is 5.91 Å². The quantitative estimate of drug-likeness (QED) is 0.578. The normalized spacial score (nSPS) is 19.9. The number of fused-ring (bicyclic) bond motifs is 2. The van der Waals surface area contributed by atoms with Crippen molar-refractivity contribution in [3.8, 4) is 0 Å². The summed E-state index contributed by atoms with van der Waals surface area (Å²) in [7, 11) is 0. The number of rotatable bonds is 4. The largest absolute Gasteiger partial charge is 0.347 e. The topological polar surface area (TPSA) is 126 Å². The molecule has 1 atom stereocenters. The van der Waals surface area contributed by atoms with Crippen molar-refractivity contribution < 1.29 is 24.0 Å². The van der Waals surface area contributed by atoms with Crippen molar-refractivity contribution in [2.45, 2.75) is 31.8 Å². The van der Waals surface area contributed by atoms with E-state index in [1.807, 2.05) is 24.3 Å². The Kier molecular flexibility index (Phi) is 4.97. The van der Waals surface area contributed by atoms with E-state index in [4.69, 9.17) is 0 Å². The number of nitrogens with zero attached hydrogens (tertiary/aromatic N) is 2. The number of aromatic nitrogens is 1. The molecule has 2 aromatic carbocycles. The van der Waals surface area contributed by atoms with Crippen molar-refractivity contribution in [2.24, 2.45) is 0 Å². The van der Waals surface area contributed by atoms with Gasteiger partial charge >= 0.3 is 0 Å². The van der Waals surface area contributed by atoms with Gasteiger partial charge in [0.25, 0.3) is 23.6 Å². The molecule has 0 radical (unpaired) electrons. The Hall–Kier alpha value is -4.40. The van der Waals surface area contributed by atoms with Gasteiger partial charge < -0.3 is 5.32 Å². The zero-order valence-corrected chi connectivity index (χ0v) is 18.3. The standard InChI is InChI=1S/C25H20N4O5/c1-25(9-8-20(30)28-24(25)34)29-22(32)17-7-6-14(10-18(17)23(29)33)12-27-21(31)19-11-15-4-2-3-5-16(15)13-26-19/h2-7,10-11,13H,8-9,12H2,1H3,(H,27,31)(H,28,30,34)/t25-/m0/s1. The third kappa shape index (κ3) is 3.42. The molecule has 0 unspecified atom stereocenters. The molecule has 2 aliphatic heterocycles. The van der Waals surface area contributed by atoms with E-state index in [2.05, 4.69) is 15.6 Å². The molecule has 34 heavy (non-hydrogen) atoms. The molecular formula is C25H20N4O5. The first-order chi connectivity index (χ1) is 16.3. The third-order valence-corrected chi connectivity index (χ3v) is 6.34.